The molecule has 0 amide bonds. The van der Waals surface area contributed by atoms with E-state index in [2.05, 4.69) is 27.8 Å². The van der Waals surface area contributed by atoms with Gasteiger partial charge in [0.15, 0.2) is 0 Å². The molecule has 9 heteroatoms. The molecule has 0 unspecified atom stereocenters. The maximum Gasteiger partial charge on any atom is 0.339 e. The molecule has 2 aromatic rings. The van der Waals surface area contributed by atoms with Crippen molar-refractivity contribution in [2.75, 3.05) is 25.1 Å². The third kappa shape index (κ3) is 5.09. The third-order valence-corrected chi connectivity index (χ3v) is 5.92. The number of hydrogen-bond donors (Lipinski definition) is 1. The molecule has 1 saturated heterocycles. The number of hydrogen-bond acceptors (Lipinski definition) is 6. The summed E-state index contributed by atoms with van der Waals surface area (Å²) in [4.78, 5) is 40.2. The van der Waals surface area contributed by atoms with Gasteiger partial charge >= 0.3 is 11.7 Å². The summed E-state index contributed by atoms with van der Waals surface area (Å²) >= 11 is 3.32. The minimum Gasteiger partial charge on any atom is -0.465 e. The van der Waals surface area contributed by atoms with Crippen LogP contribution >= 0.6 is 15.9 Å². The van der Waals surface area contributed by atoms with Gasteiger partial charge in [-0.05, 0) is 53.4 Å². The number of anilines is 1. The largest absolute Gasteiger partial charge is 0.465 e. The topological polar surface area (TPSA) is 99.6 Å². The number of ether oxygens (including phenoxy) is 1. The highest BCUT2D eigenvalue weighted by Gasteiger charge is 2.22. The molecule has 0 saturated carbocycles. The van der Waals surface area contributed by atoms with Crippen LogP contribution in [0.2, 0.25) is 0 Å². The van der Waals surface area contributed by atoms with E-state index >= 15 is 0 Å². The first-order chi connectivity index (χ1) is 14.8. The van der Waals surface area contributed by atoms with Gasteiger partial charge in [0.2, 0.25) is 0 Å². The van der Waals surface area contributed by atoms with Gasteiger partial charge in [0.25, 0.3) is 5.56 Å². The van der Waals surface area contributed by atoms with Gasteiger partial charge in [0, 0.05) is 29.7 Å². The van der Waals surface area contributed by atoms with Crippen LogP contribution in [-0.2, 0) is 17.8 Å². The summed E-state index contributed by atoms with van der Waals surface area (Å²) < 4.78 is 8.02. The van der Waals surface area contributed by atoms with Crippen molar-refractivity contribution in [2.24, 2.45) is 5.73 Å². The molecule has 1 aromatic heterocycles. The summed E-state index contributed by atoms with van der Waals surface area (Å²) in [5.41, 5.74) is 6.19. The first-order valence-corrected chi connectivity index (χ1v) is 10.8. The van der Waals surface area contributed by atoms with Gasteiger partial charge in [-0.2, -0.15) is 0 Å². The summed E-state index contributed by atoms with van der Waals surface area (Å²) in [6.07, 6.45) is 1.81. The summed E-state index contributed by atoms with van der Waals surface area (Å²) in [6.45, 7) is 3.20. The van der Waals surface area contributed by atoms with E-state index in [9.17, 15) is 14.4 Å². The van der Waals surface area contributed by atoms with Crippen molar-refractivity contribution >= 4 is 27.7 Å². The number of nitrogens with two attached hydrogens (primary N) is 1. The van der Waals surface area contributed by atoms with Gasteiger partial charge in [-0.1, -0.05) is 12.0 Å². The molecule has 3 rings (SSSR count). The standard InChI is InChI=1S/C22H25BrN4O4/c1-3-4-10-26-19(25-9-5-6-16(24)14-25)12-20(28)27(22(26)30)13-15-7-8-18(23)17(11-15)21(29)31-2/h7-8,11-12,16H,5-6,9-10,13-14,24H2,1-2H3/t16-/m1/s1. The van der Waals surface area contributed by atoms with Crippen molar-refractivity contribution in [3.63, 3.8) is 0 Å². The molecule has 1 aromatic carbocycles. The highest BCUT2D eigenvalue weighted by molar-refractivity contribution is 9.10. The predicted molar refractivity (Wildman–Crippen MR) is 122 cm³/mol. The third-order valence-electron chi connectivity index (χ3n) is 5.23. The van der Waals surface area contributed by atoms with Crippen molar-refractivity contribution in [3.8, 4) is 11.8 Å². The average molecular weight is 489 g/mol. The van der Waals surface area contributed by atoms with Crippen molar-refractivity contribution in [3.05, 3.63) is 60.7 Å². The fourth-order valence-corrected chi connectivity index (χ4v) is 4.06. The highest BCUT2D eigenvalue weighted by atomic mass is 79.9. The number of carbonyl (C=O) groups excluding carboxylic acids is 1. The van der Waals surface area contributed by atoms with Crippen molar-refractivity contribution in [2.45, 2.75) is 38.9 Å². The van der Waals surface area contributed by atoms with E-state index in [1.54, 1.807) is 25.1 Å². The molecule has 2 heterocycles. The van der Waals surface area contributed by atoms with E-state index in [4.69, 9.17) is 10.5 Å². The van der Waals surface area contributed by atoms with E-state index in [-0.39, 0.29) is 19.1 Å². The molecule has 164 valence electrons. The van der Waals surface area contributed by atoms with E-state index < -0.39 is 17.2 Å². The van der Waals surface area contributed by atoms with Gasteiger partial charge in [-0.3, -0.25) is 13.9 Å². The number of rotatable bonds is 5. The van der Waals surface area contributed by atoms with Crippen molar-refractivity contribution in [1.82, 2.24) is 9.13 Å². The second-order valence-electron chi connectivity index (χ2n) is 7.38. The molecule has 0 radical (unpaired) electrons. The molecule has 1 aliphatic heterocycles. The molecule has 1 aliphatic rings. The number of methoxy groups -OCH3 is 1. The lowest BCUT2D eigenvalue weighted by Gasteiger charge is -2.33. The molecule has 1 fully saturated rings. The van der Waals surface area contributed by atoms with Gasteiger partial charge in [0.05, 0.1) is 25.8 Å². The summed E-state index contributed by atoms with van der Waals surface area (Å²) in [7, 11) is 1.30. The average Bonchev–Trinajstić information content (AvgIpc) is 2.76. The highest BCUT2D eigenvalue weighted by Crippen LogP contribution is 2.20. The molecule has 1 atom stereocenters. The zero-order valence-corrected chi connectivity index (χ0v) is 19.1. The zero-order chi connectivity index (χ0) is 22.5. The quantitative estimate of drug-likeness (QED) is 0.506. The first-order valence-electron chi connectivity index (χ1n) is 9.97. The lowest BCUT2D eigenvalue weighted by molar-refractivity contribution is 0.0599. The summed E-state index contributed by atoms with van der Waals surface area (Å²) in [5.74, 6) is 5.75. The number of benzene rings is 1. The first kappa shape index (κ1) is 22.8. The minimum absolute atomic E-state index is 0.00324. The van der Waals surface area contributed by atoms with Crippen LogP contribution in [0, 0.1) is 11.8 Å². The molecular weight excluding hydrogens is 464 g/mol. The number of esters is 1. The van der Waals surface area contributed by atoms with Crippen LogP contribution in [0.5, 0.6) is 0 Å². The van der Waals surface area contributed by atoms with Crippen LogP contribution in [0.15, 0.2) is 38.3 Å². The Bertz CT molecular complexity index is 1160. The number of piperidine rings is 1. The zero-order valence-electron chi connectivity index (χ0n) is 17.6. The number of aromatic nitrogens is 2. The van der Waals surface area contributed by atoms with Crippen LogP contribution in [0.3, 0.4) is 0 Å². The molecular formula is C22H25BrN4O4. The van der Waals surface area contributed by atoms with Gasteiger partial charge < -0.3 is 15.4 Å². The maximum atomic E-state index is 13.3. The van der Waals surface area contributed by atoms with Crippen LogP contribution in [0.4, 0.5) is 5.82 Å². The minimum atomic E-state index is -0.506. The van der Waals surface area contributed by atoms with Crippen molar-refractivity contribution in [1.29, 1.82) is 0 Å². The Hall–Kier alpha value is -2.83. The molecule has 0 bridgehead atoms. The van der Waals surface area contributed by atoms with Gasteiger partial charge in [0.1, 0.15) is 5.82 Å². The second kappa shape index (κ2) is 9.98. The molecule has 8 nitrogen and oxygen atoms in total. The predicted octanol–water partition coefficient (Wildman–Crippen LogP) is 1.56. The Morgan fingerprint density at radius 3 is 2.74 bits per heavy atom. The Morgan fingerprint density at radius 2 is 2.06 bits per heavy atom. The van der Waals surface area contributed by atoms with E-state index in [1.807, 2.05) is 4.90 Å². The maximum absolute atomic E-state index is 13.3. The normalized spacial score (nSPS) is 15.9. The number of halogens is 1. The van der Waals surface area contributed by atoms with Crippen LogP contribution < -0.4 is 21.9 Å². The fraction of sp³-hybridized carbons (Fsp3) is 0.409. The van der Waals surface area contributed by atoms with Gasteiger partial charge in [-0.15, -0.1) is 5.92 Å². The fourth-order valence-electron chi connectivity index (χ4n) is 3.66. The van der Waals surface area contributed by atoms with E-state index in [1.165, 1.54) is 17.7 Å². The van der Waals surface area contributed by atoms with Gasteiger partial charge in [-0.25, -0.2) is 9.59 Å². The lowest BCUT2D eigenvalue weighted by atomic mass is 10.1. The number of carbonyl (C=O) groups is 1. The lowest BCUT2D eigenvalue weighted by Crippen LogP contribution is -2.48. The smallest absolute Gasteiger partial charge is 0.339 e. The van der Waals surface area contributed by atoms with Crippen LogP contribution in [0.1, 0.15) is 35.7 Å². The van der Waals surface area contributed by atoms with E-state index in [0.717, 1.165) is 24.0 Å². The monoisotopic (exact) mass is 488 g/mol. The van der Waals surface area contributed by atoms with Crippen LogP contribution in [0.25, 0.3) is 0 Å². The molecule has 31 heavy (non-hydrogen) atoms. The van der Waals surface area contributed by atoms with Crippen LogP contribution in [-0.4, -0.2) is 41.3 Å². The number of nitrogens with zero attached hydrogens (tertiary/aromatic N) is 3. The summed E-state index contributed by atoms with van der Waals surface area (Å²) in [6, 6.07) is 6.51. The molecule has 0 aliphatic carbocycles. The Kier molecular flexibility index (Phi) is 7.36. The Labute approximate surface area is 188 Å². The SMILES string of the molecule is CC#CCn1c(N2CCC[C@@H](N)C2)cc(=O)n(Cc2ccc(Br)c(C(=O)OC)c2)c1=O. The van der Waals surface area contributed by atoms with Crippen molar-refractivity contribution < 1.29 is 9.53 Å². The Balaban J connectivity index is 2.05. The Morgan fingerprint density at radius 1 is 1.29 bits per heavy atom. The second-order valence-corrected chi connectivity index (χ2v) is 8.23. The van der Waals surface area contributed by atoms with E-state index in [0.29, 0.717) is 28.0 Å². The molecule has 2 N–H and O–H groups in total. The summed E-state index contributed by atoms with van der Waals surface area (Å²) in [5, 5.41) is 0. The molecule has 0 spiro atoms.